The molecule has 102 valence electrons. The minimum Gasteiger partial charge on any atom is -0.497 e. The maximum atomic E-state index is 5.84. The normalized spacial score (nSPS) is 10.9. The van der Waals surface area contributed by atoms with Crippen LogP contribution in [0, 0.1) is 6.92 Å². The molecular weight excluding hydrogens is 248 g/mol. The smallest absolute Gasteiger partial charge is 0.122 e. The van der Waals surface area contributed by atoms with E-state index >= 15 is 0 Å². The van der Waals surface area contributed by atoms with Gasteiger partial charge in [0.2, 0.25) is 0 Å². The van der Waals surface area contributed by atoms with Crippen molar-refractivity contribution in [1.82, 2.24) is 9.88 Å². The van der Waals surface area contributed by atoms with E-state index in [1.807, 2.05) is 19.1 Å². The van der Waals surface area contributed by atoms with Crippen LogP contribution in [0.1, 0.15) is 31.2 Å². The molecule has 0 bridgehead atoms. The molecule has 0 amide bonds. The zero-order valence-electron chi connectivity index (χ0n) is 11.6. The van der Waals surface area contributed by atoms with Gasteiger partial charge in [-0.15, -0.1) is 11.6 Å². The van der Waals surface area contributed by atoms with E-state index in [1.165, 1.54) is 12.8 Å². The summed E-state index contributed by atoms with van der Waals surface area (Å²) in [5.74, 6) is 1.53. The third-order valence-electron chi connectivity index (χ3n) is 2.83. The van der Waals surface area contributed by atoms with Gasteiger partial charge in [-0.2, -0.15) is 0 Å². The van der Waals surface area contributed by atoms with Crippen LogP contribution in [0.3, 0.4) is 0 Å². The van der Waals surface area contributed by atoms with Crippen LogP contribution in [-0.2, 0) is 6.54 Å². The Morgan fingerprint density at radius 3 is 2.72 bits per heavy atom. The number of rotatable bonds is 8. The van der Waals surface area contributed by atoms with Crippen LogP contribution >= 0.6 is 11.6 Å². The maximum Gasteiger partial charge on any atom is 0.122 e. The average Bonchev–Trinajstić information content (AvgIpc) is 2.35. The number of methoxy groups -OCH3 is 1. The predicted octanol–water partition coefficient (Wildman–Crippen LogP) is 3.24. The molecule has 0 fully saturated rings. The molecule has 0 aromatic carbocycles. The Balaban J connectivity index is 2.69. The molecule has 0 aliphatic rings. The van der Waals surface area contributed by atoms with Crippen molar-refractivity contribution in [1.29, 1.82) is 0 Å². The van der Waals surface area contributed by atoms with Crippen LogP contribution < -0.4 is 4.74 Å². The number of unbranched alkanes of at least 4 members (excludes halogenated alkanes) is 1. The summed E-state index contributed by atoms with van der Waals surface area (Å²) in [6.07, 6.45) is 2.39. The highest BCUT2D eigenvalue weighted by atomic mass is 35.5. The van der Waals surface area contributed by atoms with Crippen molar-refractivity contribution < 1.29 is 4.74 Å². The van der Waals surface area contributed by atoms with Crippen LogP contribution in [0.15, 0.2) is 12.1 Å². The molecule has 0 N–H and O–H groups in total. The summed E-state index contributed by atoms with van der Waals surface area (Å²) >= 11 is 5.84. The monoisotopic (exact) mass is 270 g/mol. The predicted molar refractivity (Wildman–Crippen MR) is 76.4 cm³/mol. The van der Waals surface area contributed by atoms with E-state index in [4.69, 9.17) is 16.3 Å². The molecule has 0 spiro atoms. The Labute approximate surface area is 115 Å². The first kappa shape index (κ1) is 15.3. The van der Waals surface area contributed by atoms with Crippen molar-refractivity contribution in [2.24, 2.45) is 0 Å². The van der Waals surface area contributed by atoms with Gasteiger partial charge in [0.25, 0.3) is 0 Å². The van der Waals surface area contributed by atoms with E-state index in [-0.39, 0.29) is 0 Å². The molecule has 3 nitrogen and oxygen atoms in total. The quantitative estimate of drug-likeness (QED) is 0.678. The Bertz CT molecular complexity index is 358. The molecule has 4 heteroatoms. The third kappa shape index (κ3) is 5.23. The molecule has 0 unspecified atom stereocenters. The molecule has 0 atom stereocenters. The number of aryl methyl sites for hydroxylation is 1. The zero-order chi connectivity index (χ0) is 13.4. The van der Waals surface area contributed by atoms with Gasteiger partial charge in [-0.3, -0.25) is 9.88 Å². The summed E-state index contributed by atoms with van der Waals surface area (Å²) in [6.45, 7) is 7.00. The molecule has 0 aliphatic carbocycles. The highest BCUT2D eigenvalue weighted by Gasteiger charge is 2.07. The fourth-order valence-electron chi connectivity index (χ4n) is 1.90. The van der Waals surface area contributed by atoms with Gasteiger partial charge in [-0.25, -0.2) is 0 Å². The van der Waals surface area contributed by atoms with Gasteiger partial charge in [0.05, 0.1) is 12.8 Å². The van der Waals surface area contributed by atoms with E-state index in [2.05, 4.69) is 16.8 Å². The Kier molecular flexibility index (Phi) is 7.06. The first-order chi connectivity index (χ1) is 8.69. The number of aromatic nitrogens is 1. The molecule has 0 saturated carbocycles. The molecule has 1 heterocycles. The molecule has 18 heavy (non-hydrogen) atoms. The van der Waals surface area contributed by atoms with Crippen LogP contribution in [-0.4, -0.2) is 36.0 Å². The van der Waals surface area contributed by atoms with Gasteiger partial charge in [0.15, 0.2) is 0 Å². The van der Waals surface area contributed by atoms with E-state index < -0.39 is 0 Å². The molecular formula is C14H23ClN2O. The summed E-state index contributed by atoms with van der Waals surface area (Å²) < 4.78 is 5.27. The van der Waals surface area contributed by atoms with Crippen LogP contribution in [0.4, 0.5) is 0 Å². The summed E-state index contributed by atoms with van der Waals surface area (Å²) in [7, 11) is 1.69. The fraction of sp³-hybridized carbons (Fsp3) is 0.643. The van der Waals surface area contributed by atoms with E-state index in [0.29, 0.717) is 5.88 Å². The maximum absolute atomic E-state index is 5.84. The summed E-state index contributed by atoms with van der Waals surface area (Å²) in [6, 6.07) is 3.95. The van der Waals surface area contributed by atoms with Crippen LogP contribution in [0.25, 0.3) is 0 Å². The van der Waals surface area contributed by atoms with Crippen LogP contribution in [0.2, 0.25) is 0 Å². The Morgan fingerprint density at radius 2 is 2.11 bits per heavy atom. The lowest BCUT2D eigenvalue weighted by molar-refractivity contribution is 0.273. The van der Waals surface area contributed by atoms with Crippen molar-refractivity contribution in [2.75, 3.05) is 26.1 Å². The van der Waals surface area contributed by atoms with Crippen LogP contribution in [0.5, 0.6) is 5.75 Å². The number of alkyl halides is 1. The lowest BCUT2D eigenvalue weighted by Gasteiger charge is -2.20. The fourth-order valence-corrected chi connectivity index (χ4v) is 2.14. The Hall–Kier alpha value is -0.800. The molecule has 0 saturated heterocycles. The molecule has 1 aromatic heterocycles. The number of hydrogen-bond donors (Lipinski definition) is 0. The van der Waals surface area contributed by atoms with Gasteiger partial charge in [-0.1, -0.05) is 13.3 Å². The van der Waals surface area contributed by atoms with E-state index in [1.54, 1.807) is 7.11 Å². The highest BCUT2D eigenvalue weighted by Crippen LogP contribution is 2.15. The van der Waals surface area contributed by atoms with Crippen molar-refractivity contribution in [2.45, 2.75) is 33.2 Å². The van der Waals surface area contributed by atoms with Crippen molar-refractivity contribution in [3.05, 3.63) is 23.5 Å². The van der Waals surface area contributed by atoms with Gasteiger partial charge < -0.3 is 4.74 Å². The van der Waals surface area contributed by atoms with E-state index in [9.17, 15) is 0 Å². The third-order valence-corrected chi connectivity index (χ3v) is 3.00. The van der Waals surface area contributed by atoms with Gasteiger partial charge in [0.1, 0.15) is 5.75 Å². The second-order valence-corrected chi connectivity index (χ2v) is 4.84. The molecule has 1 rings (SSSR count). The number of halogens is 1. The lowest BCUT2D eigenvalue weighted by Crippen LogP contribution is -2.27. The lowest BCUT2D eigenvalue weighted by atomic mass is 10.2. The van der Waals surface area contributed by atoms with Crippen molar-refractivity contribution >= 4 is 11.6 Å². The number of hydrogen-bond acceptors (Lipinski definition) is 3. The standard InChI is InChI=1S/C14H23ClN2O/c1-4-5-7-17(8-6-15)11-13-10-14(18-3)9-12(2)16-13/h9-10H,4-8,11H2,1-3H3. The second kappa shape index (κ2) is 8.33. The van der Waals surface area contributed by atoms with E-state index in [0.717, 1.165) is 36.8 Å². The molecule has 0 radical (unpaired) electrons. The SMILES string of the molecule is CCCCN(CCCl)Cc1cc(OC)cc(C)n1. The summed E-state index contributed by atoms with van der Waals surface area (Å²) in [4.78, 5) is 6.89. The zero-order valence-corrected chi connectivity index (χ0v) is 12.3. The highest BCUT2D eigenvalue weighted by molar-refractivity contribution is 6.18. The summed E-state index contributed by atoms with van der Waals surface area (Å²) in [5, 5.41) is 0. The van der Waals surface area contributed by atoms with Crippen molar-refractivity contribution in [3.8, 4) is 5.75 Å². The molecule has 1 aromatic rings. The molecule has 0 aliphatic heterocycles. The van der Waals surface area contributed by atoms with Gasteiger partial charge >= 0.3 is 0 Å². The largest absolute Gasteiger partial charge is 0.497 e. The first-order valence-corrected chi connectivity index (χ1v) is 7.03. The average molecular weight is 271 g/mol. The topological polar surface area (TPSA) is 25.4 Å². The number of pyridine rings is 1. The first-order valence-electron chi connectivity index (χ1n) is 6.49. The Morgan fingerprint density at radius 1 is 1.33 bits per heavy atom. The second-order valence-electron chi connectivity index (χ2n) is 4.46. The minimum absolute atomic E-state index is 0.659. The number of ether oxygens (including phenoxy) is 1. The van der Waals surface area contributed by atoms with Crippen molar-refractivity contribution in [3.63, 3.8) is 0 Å². The minimum atomic E-state index is 0.659. The number of nitrogens with zero attached hydrogens (tertiary/aromatic N) is 2. The van der Waals surface area contributed by atoms with Gasteiger partial charge in [-0.05, 0) is 19.9 Å². The van der Waals surface area contributed by atoms with Gasteiger partial charge in [0, 0.05) is 36.8 Å². The summed E-state index contributed by atoms with van der Waals surface area (Å²) in [5.41, 5.74) is 2.04.